The molecule has 5 rings (SSSR count). The number of ether oxygens (including phenoxy) is 2. The summed E-state index contributed by atoms with van der Waals surface area (Å²) in [5.41, 5.74) is 5.14. The van der Waals surface area contributed by atoms with Crippen LogP contribution in [0.15, 0.2) is 45.8 Å². The molecule has 2 aliphatic heterocycles. The van der Waals surface area contributed by atoms with Gasteiger partial charge >= 0.3 is 6.01 Å². The van der Waals surface area contributed by atoms with Crippen molar-refractivity contribution in [2.24, 2.45) is 10.9 Å². The number of aromatic nitrogens is 1. The monoisotopic (exact) mass is 521 g/mol. The highest BCUT2D eigenvalue weighted by Crippen LogP contribution is 2.31. The number of carbonyl (C=O) groups excluding carboxylic acids is 1. The molecule has 202 valence electrons. The molecule has 1 aromatic heterocycles. The summed E-state index contributed by atoms with van der Waals surface area (Å²) in [6, 6.07) is 12.1. The van der Waals surface area contributed by atoms with Gasteiger partial charge in [0.05, 0.1) is 33.0 Å². The van der Waals surface area contributed by atoms with Gasteiger partial charge in [-0.05, 0) is 49.1 Å². The van der Waals surface area contributed by atoms with Gasteiger partial charge in [0.15, 0.2) is 5.58 Å². The van der Waals surface area contributed by atoms with E-state index < -0.39 is 0 Å². The Balaban J connectivity index is 1.35. The molecule has 3 N–H and O–H groups in total. The lowest BCUT2D eigenvalue weighted by Crippen LogP contribution is -2.36. The number of rotatable bonds is 9. The second-order valence-corrected chi connectivity index (χ2v) is 9.48. The molecule has 0 aliphatic carbocycles. The number of aryl methyl sites for hydroxylation is 1. The first-order chi connectivity index (χ1) is 18.6. The Morgan fingerprint density at radius 2 is 2.11 bits per heavy atom. The smallest absolute Gasteiger partial charge is 0.324 e. The minimum Gasteiger partial charge on any atom is -0.422 e. The van der Waals surface area contributed by atoms with Crippen LogP contribution in [0.1, 0.15) is 35.7 Å². The summed E-state index contributed by atoms with van der Waals surface area (Å²) in [6.45, 7) is 6.25. The van der Waals surface area contributed by atoms with Crippen molar-refractivity contribution in [2.75, 3.05) is 62.9 Å². The van der Waals surface area contributed by atoms with Crippen molar-refractivity contribution >= 4 is 40.2 Å². The highest BCUT2D eigenvalue weighted by Gasteiger charge is 2.23. The van der Waals surface area contributed by atoms with Crippen LogP contribution in [0.3, 0.4) is 0 Å². The number of oxazole rings is 1. The van der Waals surface area contributed by atoms with Crippen LogP contribution in [0.2, 0.25) is 0 Å². The Kier molecular flexibility index (Phi) is 8.52. The maximum atomic E-state index is 12.7. The van der Waals surface area contributed by atoms with E-state index in [1.165, 1.54) is 0 Å². The zero-order valence-corrected chi connectivity index (χ0v) is 21.7. The van der Waals surface area contributed by atoms with Crippen molar-refractivity contribution in [2.45, 2.75) is 26.2 Å². The van der Waals surface area contributed by atoms with Crippen LogP contribution in [0.5, 0.6) is 0 Å². The molecule has 1 amide bonds. The molecule has 1 unspecified atom stereocenters. The fourth-order valence-electron chi connectivity index (χ4n) is 4.85. The van der Waals surface area contributed by atoms with Crippen LogP contribution >= 0.6 is 0 Å². The van der Waals surface area contributed by atoms with Crippen molar-refractivity contribution < 1.29 is 23.8 Å². The number of fused-ring (bicyclic) bond motifs is 2. The number of nitrogens with one attached hydrogen (secondary N) is 2. The fourth-order valence-corrected chi connectivity index (χ4v) is 4.85. The van der Waals surface area contributed by atoms with Crippen molar-refractivity contribution in [3.8, 4) is 0 Å². The van der Waals surface area contributed by atoms with E-state index in [0.717, 1.165) is 73.9 Å². The summed E-state index contributed by atoms with van der Waals surface area (Å²) in [6.07, 6.45) is 2.74. The topological polar surface area (TPSA) is 121 Å². The van der Waals surface area contributed by atoms with Crippen molar-refractivity contribution in [3.05, 3.63) is 47.5 Å². The second kappa shape index (κ2) is 12.4. The molecule has 10 nitrogen and oxygen atoms in total. The summed E-state index contributed by atoms with van der Waals surface area (Å²) in [7, 11) is 0. The first-order valence-electron chi connectivity index (χ1n) is 13.3. The molecule has 0 bridgehead atoms. The van der Waals surface area contributed by atoms with Gasteiger partial charge in [-0.1, -0.05) is 13.0 Å². The molecule has 38 heavy (non-hydrogen) atoms. The van der Waals surface area contributed by atoms with Gasteiger partial charge in [-0.25, -0.2) is 0 Å². The quantitative estimate of drug-likeness (QED) is 0.366. The van der Waals surface area contributed by atoms with Crippen molar-refractivity contribution in [1.29, 1.82) is 0 Å². The standard InChI is InChI=1S/C28H35N5O5/c1-2-19-3-4-20-5-6-21(27(35)29-9-13-36-16-12-34)17-24(20)30-26(19)32-28-31-23-8-7-22(18-25(23)38-28)33-10-14-37-15-11-33/h5-8,17-19,34H,2-4,9-16H2,1H3,(H,29,35)(H,30,31,32). The van der Waals surface area contributed by atoms with Gasteiger partial charge in [0.1, 0.15) is 11.4 Å². The third-order valence-electron chi connectivity index (χ3n) is 7.00. The minimum absolute atomic E-state index is 0.0356. The average Bonchev–Trinajstić information content (AvgIpc) is 3.26. The second-order valence-electron chi connectivity index (χ2n) is 9.48. The van der Waals surface area contributed by atoms with Gasteiger partial charge in [-0.2, -0.15) is 9.98 Å². The minimum atomic E-state index is -0.174. The molecule has 2 aromatic carbocycles. The molecule has 1 saturated heterocycles. The van der Waals surface area contributed by atoms with Crippen molar-refractivity contribution in [3.63, 3.8) is 0 Å². The molecule has 3 heterocycles. The van der Waals surface area contributed by atoms with E-state index in [0.29, 0.717) is 30.3 Å². The number of hydrogen-bond donors (Lipinski definition) is 3. The highest BCUT2D eigenvalue weighted by molar-refractivity contribution is 6.02. The first kappa shape index (κ1) is 26.1. The number of amidine groups is 1. The number of benzene rings is 2. The van der Waals surface area contributed by atoms with Gasteiger partial charge in [0, 0.05) is 48.6 Å². The maximum absolute atomic E-state index is 12.7. The molecule has 2 aliphatic rings. The van der Waals surface area contributed by atoms with Crippen LogP contribution in [0.4, 0.5) is 17.4 Å². The van der Waals surface area contributed by atoms with E-state index in [1.54, 1.807) is 0 Å². The highest BCUT2D eigenvalue weighted by atomic mass is 16.5. The Hall–Kier alpha value is -3.47. The lowest BCUT2D eigenvalue weighted by Gasteiger charge is -2.28. The summed E-state index contributed by atoms with van der Waals surface area (Å²) in [4.78, 5) is 24.4. The molecular formula is C28H35N5O5. The molecular weight excluding hydrogens is 486 g/mol. The van der Waals surface area contributed by atoms with Crippen molar-refractivity contribution in [1.82, 2.24) is 10.3 Å². The van der Waals surface area contributed by atoms with Crippen LogP contribution < -0.4 is 15.5 Å². The molecule has 3 aromatic rings. The number of amides is 1. The Morgan fingerprint density at radius 3 is 2.92 bits per heavy atom. The maximum Gasteiger partial charge on any atom is 0.324 e. The molecule has 1 atom stereocenters. The molecule has 1 fully saturated rings. The number of carbonyl (C=O) groups is 1. The lowest BCUT2D eigenvalue weighted by atomic mass is 9.97. The first-order valence-corrected chi connectivity index (χ1v) is 13.3. The third-order valence-corrected chi connectivity index (χ3v) is 7.00. The van der Waals surface area contributed by atoms with Gasteiger partial charge in [0.25, 0.3) is 5.91 Å². The molecule has 10 heteroatoms. The Labute approximate surface area is 222 Å². The fraction of sp³-hybridized carbons (Fsp3) is 0.464. The van der Waals surface area contributed by atoms with E-state index >= 15 is 0 Å². The van der Waals surface area contributed by atoms with Gasteiger partial charge in [-0.3, -0.25) is 4.79 Å². The SMILES string of the molecule is CCC1CCc2ccc(C(=O)NCCOCCO)cc2NC1=Nc1nc2ccc(N3CCOCC3)cc2o1. The number of morpholine rings is 1. The predicted molar refractivity (Wildman–Crippen MR) is 147 cm³/mol. The summed E-state index contributed by atoms with van der Waals surface area (Å²) in [5, 5.41) is 15.1. The molecule has 0 radical (unpaired) electrons. The van der Waals surface area contributed by atoms with E-state index in [-0.39, 0.29) is 25.0 Å². The molecule has 0 saturated carbocycles. The lowest BCUT2D eigenvalue weighted by molar-refractivity contribution is 0.0838. The van der Waals surface area contributed by atoms with Crippen LogP contribution in [-0.4, -0.2) is 74.5 Å². The number of aliphatic imine (C=N–C) groups is 1. The van der Waals surface area contributed by atoms with E-state index in [9.17, 15) is 4.79 Å². The van der Waals surface area contributed by atoms with E-state index in [1.807, 2.05) is 30.3 Å². The number of hydrogen-bond acceptors (Lipinski definition) is 8. The molecule has 0 spiro atoms. The van der Waals surface area contributed by atoms with Crippen LogP contribution in [0.25, 0.3) is 11.1 Å². The average molecular weight is 522 g/mol. The number of aliphatic hydroxyl groups excluding tert-OH is 1. The number of aliphatic hydroxyl groups is 1. The normalized spacial score (nSPS) is 18.7. The third kappa shape index (κ3) is 6.15. The number of nitrogens with zero attached hydrogens (tertiary/aromatic N) is 3. The van der Waals surface area contributed by atoms with Crippen LogP contribution in [-0.2, 0) is 15.9 Å². The summed E-state index contributed by atoms with van der Waals surface area (Å²) in [5.74, 6) is 0.829. The number of anilines is 2. The van der Waals surface area contributed by atoms with Gasteiger partial charge in [-0.15, -0.1) is 0 Å². The zero-order valence-electron chi connectivity index (χ0n) is 21.7. The zero-order chi connectivity index (χ0) is 26.3. The largest absolute Gasteiger partial charge is 0.422 e. The van der Waals surface area contributed by atoms with Gasteiger partial charge < -0.3 is 34.5 Å². The Bertz CT molecular complexity index is 1280. The summed E-state index contributed by atoms with van der Waals surface area (Å²) >= 11 is 0. The van der Waals surface area contributed by atoms with E-state index in [4.69, 9.17) is 24.0 Å². The van der Waals surface area contributed by atoms with Crippen LogP contribution in [0, 0.1) is 5.92 Å². The predicted octanol–water partition coefficient (Wildman–Crippen LogP) is 3.52. The Morgan fingerprint density at radius 1 is 1.24 bits per heavy atom. The van der Waals surface area contributed by atoms with E-state index in [2.05, 4.69) is 33.5 Å². The summed E-state index contributed by atoms with van der Waals surface area (Å²) < 4.78 is 16.8. The van der Waals surface area contributed by atoms with Gasteiger partial charge in [0.2, 0.25) is 0 Å².